The number of nitrogens with zero attached hydrogens (tertiary/aromatic N) is 3. The lowest BCUT2D eigenvalue weighted by Gasteiger charge is -2.14. The monoisotopic (exact) mass is 177 g/mol. The summed E-state index contributed by atoms with van der Waals surface area (Å²) in [5.41, 5.74) is 0.455. The molecule has 1 aromatic heterocycles. The lowest BCUT2D eigenvalue weighted by Crippen LogP contribution is -2.20. The minimum atomic E-state index is 0.455. The zero-order valence-corrected chi connectivity index (χ0v) is 7.31. The van der Waals surface area contributed by atoms with E-state index in [-0.39, 0.29) is 0 Å². The molecule has 4 nitrogen and oxygen atoms in total. The maximum Gasteiger partial charge on any atom is 0.225 e. The Morgan fingerprint density at radius 2 is 2.15 bits per heavy atom. The molecule has 0 N–H and O–H groups in total. The molecule has 0 unspecified atom stereocenters. The fourth-order valence-electron chi connectivity index (χ4n) is 1.50. The molecule has 0 radical (unpaired) electrons. The van der Waals surface area contributed by atoms with Gasteiger partial charge in [0.15, 0.2) is 6.29 Å². The van der Waals surface area contributed by atoms with Crippen molar-refractivity contribution in [2.75, 3.05) is 18.0 Å². The number of aromatic nitrogens is 2. The normalized spacial score (nSPS) is 16.2. The van der Waals surface area contributed by atoms with Gasteiger partial charge in [0.2, 0.25) is 5.95 Å². The van der Waals surface area contributed by atoms with Gasteiger partial charge < -0.3 is 4.90 Å². The molecule has 1 aromatic rings. The van der Waals surface area contributed by atoms with Crippen LogP contribution in [-0.2, 0) is 0 Å². The fraction of sp³-hybridized carbons (Fsp3) is 0.444. The van der Waals surface area contributed by atoms with E-state index >= 15 is 0 Å². The highest BCUT2D eigenvalue weighted by Crippen LogP contribution is 2.14. The first-order chi connectivity index (χ1) is 6.40. The minimum Gasteiger partial charge on any atom is -0.341 e. The Bertz CT molecular complexity index is 307. The van der Waals surface area contributed by atoms with Crippen LogP contribution in [-0.4, -0.2) is 29.3 Å². The molecule has 1 fully saturated rings. The zero-order chi connectivity index (χ0) is 9.10. The van der Waals surface area contributed by atoms with Gasteiger partial charge in [-0.05, 0) is 18.9 Å². The molecule has 0 bridgehead atoms. The van der Waals surface area contributed by atoms with E-state index in [2.05, 4.69) is 14.9 Å². The van der Waals surface area contributed by atoms with Gasteiger partial charge in [-0.25, -0.2) is 9.97 Å². The number of carbonyl (C=O) groups excluding carboxylic acids is 1. The molecule has 68 valence electrons. The first-order valence-electron chi connectivity index (χ1n) is 4.43. The molecule has 0 spiro atoms. The third-order valence-electron chi connectivity index (χ3n) is 2.17. The first-order valence-corrected chi connectivity index (χ1v) is 4.43. The summed E-state index contributed by atoms with van der Waals surface area (Å²) in [6, 6.07) is 1.62. The quantitative estimate of drug-likeness (QED) is 0.629. The topological polar surface area (TPSA) is 46.1 Å². The van der Waals surface area contributed by atoms with Crippen molar-refractivity contribution in [2.24, 2.45) is 0 Å². The van der Waals surface area contributed by atoms with Gasteiger partial charge in [-0.1, -0.05) is 0 Å². The van der Waals surface area contributed by atoms with Crippen LogP contribution in [0.15, 0.2) is 12.3 Å². The molecular weight excluding hydrogens is 166 g/mol. The summed E-state index contributed by atoms with van der Waals surface area (Å²) in [5.74, 6) is 0.683. The average molecular weight is 177 g/mol. The lowest BCUT2D eigenvalue weighted by atomic mass is 10.4. The van der Waals surface area contributed by atoms with Crippen molar-refractivity contribution < 1.29 is 4.79 Å². The van der Waals surface area contributed by atoms with Crippen LogP contribution in [0.3, 0.4) is 0 Å². The number of hydrogen-bond acceptors (Lipinski definition) is 4. The highest BCUT2D eigenvalue weighted by Gasteiger charge is 2.14. The molecule has 2 rings (SSSR count). The van der Waals surface area contributed by atoms with Crippen molar-refractivity contribution >= 4 is 12.2 Å². The average Bonchev–Trinajstić information content (AvgIpc) is 2.71. The van der Waals surface area contributed by atoms with E-state index in [1.54, 1.807) is 12.3 Å². The van der Waals surface area contributed by atoms with Crippen LogP contribution in [0.25, 0.3) is 0 Å². The summed E-state index contributed by atoms with van der Waals surface area (Å²) in [4.78, 5) is 20.8. The molecule has 0 amide bonds. The Hall–Kier alpha value is -1.45. The molecule has 0 aromatic carbocycles. The number of hydrogen-bond donors (Lipinski definition) is 0. The van der Waals surface area contributed by atoms with Crippen molar-refractivity contribution in [1.82, 2.24) is 9.97 Å². The Labute approximate surface area is 76.6 Å². The SMILES string of the molecule is O=Cc1ccnc(N2CCCC2)n1. The number of carbonyl (C=O) groups is 1. The highest BCUT2D eigenvalue weighted by atomic mass is 16.1. The van der Waals surface area contributed by atoms with Crippen LogP contribution in [0.4, 0.5) is 5.95 Å². The maximum absolute atomic E-state index is 10.5. The van der Waals surface area contributed by atoms with E-state index < -0.39 is 0 Å². The van der Waals surface area contributed by atoms with E-state index in [9.17, 15) is 4.79 Å². The van der Waals surface area contributed by atoms with Crippen molar-refractivity contribution in [3.05, 3.63) is 18.0 Å². The maximum atomic E-state index is 10.5. The number of anilines is 1. The summed E-state index contributed by atoms with van der Waals surface area (Å²) in [5, 5.41) is 0. The molecule has 1 saturated heterocycles. The van der Waals surface area contributed by atoms with Crippen molar-refractivity contribution in [2.45, 2.75) is 12.8 Å². The van der Waals surface area contributed by atoms with Crippen LogP contribution >= 0.6 is 0 Å². The van der Waals surface area contributed by atoms with Crippen molar-refractivity contribution in [1.29, 1.82) is 0 Å². The summed E-state index contributed by atoms with van der Waals surface area (Å²) in [7, 11) is 0. The smallest absolute Gasteiger partial charge is 0.225 e. The van der Waals surface area contributed by atoms with Gasteiger partial charge in [0.1, 0.15) is 5.69 Å². The summed E-state index contributed by atoms with van der Waals surface area (Å²) in [6.07, 6.45) is 4.76. The molecule has 1 aliphatic heterocycles. The summed E-state index contributed by atoms with van der Waals surface area (Å²) >= 11 is 0. The Morgan fingerprint density at radius 1 is 1.38 bits per heavy atom. The van der Waals surface area contributed by atoms with Crippen LogP contribution < -0.4 is 4.90 Å². The van der Waals surface area contributed by atoms with Gasteiger partial charge in [-0.15, -0.1) is 0 Å². The second-order valence-electron chi connectivity index (χ2n) is 3.09. The van der Waals surface area contributed by atoms with Crippen LogP contribution in [0, 0.1) is 0 Å². The van der Waals surface area contributed by atoms with Gasteiger partial charge in [0.05, 0.1) is 0 Å². The fourth-order valence-corrected chi connectivity index (χ4v) is 1.50. The number of aldehydes is 1. The molecule has 1 aliphatic rings. The van der Waals surface area contributed by atoms with Gasteiger partial charge in [-0.2, -0.15) is 0 Å². The molecule has 4 heteroatoms. The molecule has 0 aliphatic carbocycles. The van der Waals surface area contributed by atoms with E-state index in [0.717, 1.165) is 19.4 Å². The summed E-state index contributed by atoms with van der Waals surface area (Å²) in [6.45, 7) is 2.00. The second-order valence-corrected chi connectivity index (χ2v) is 3.09. The van der Waals surface area contributed by atoms with Gasteiger partial charge >= 0.3 is 0 Å². The minimum absolute atomic E-state index is 0.455. The van der Waals surface area contributed by atoms with Gasteiger partial charge in [-0.3, -0.25) is 4.79 Å². The molecular formula is C9H11N3O. The third kappa shape index (κ3) is 1.66. The Kier molecular flexibility index (Phi) is 2.21. The Balaban J connectivity index is 2.23. The predicted octanol–water partition coefficient (Wildman–Crippen LogP) is 0.889. The lowest BCUT2D eigenvalue weighted by molar-refractivity contribution is 0.111. The molecule has 0 saturated carbocycles. The van der Waals surface area contributed by atoms with E-state index in [1.165, 1.54) is 12.8 Å². The highest BCUT2D eigenvalue weighted by molar-refractivity contribution is 5.71. The molecule has 13 heavy (non-hydrogen) atoms. The Morgan fingerprint density at radius 3 is 2.85 bits per heavy atom. The predicted molar refractivity (Wildman–Crippen MR) is 48.9 cm³/mol. The van der Waals surface area contributed by atoms with Gasteiger partial charge in [0.25, 0.3) is 0 Å². The molecule has 0 atom stereocenters. The van der Waals surface area contributed by atoms with Crippen LogP contribution in [0.2, 0.25) is 0 Å². The zero-order valence-electron chi connectivity index (χ0n) is 7.31. The standard InChI is InChI=1S/C9H11N3O/c13-7-8-3-4-10-9(11-8)12-5-1-2-6-12/h3-4,7H,1-2,5-6H2. The molecule has 2 heterocycles. The van der Waals surface area contributed by atoms with Crippen LogP contribution in [0.5, 0.6) is 0 Å². The van der Waals surface area contributed by atoms with E-state index in [1.807, 2.05) is 0 Å². The van der Waals surface area contributed by atoms with Crippen molar-refractivity contribution in [3.63, 3.8) is 0 Å². The number of rotatable bonds is 2. The first kappa shape index (κ1) is 8.16. The van der Waals surface area contributed by atoms with E-state index in [4.69, 9.17) is 0 Å². The van der Waals surface area contributed by atoms with Crippen LogP contribution in [0.1, 0.15) is 23.3 Å². The summed E-state index contributed by atoms with van der Waals surface area (Å²) < 4.78 is 0. The second kappa shape index (κ2) is 3.51. The van der Waals surface area contributed by atoms with Gasteiger partial charge in [0, 0.05) is 19.3 Å². The van der Waals surface area contributed by atoms with Crippen molar-refractivity contribution in [3.8, 4) is 0 Å². The van der Waals surface area contributed by atoms with E-state index in [0.29, 0.717) is 11.6 Å². The third-order valence-corrected chi connectivity index (χ3v) is 2.17. The largest absolute Gasteiger partial charge is 0.341 e.